The maximum Gasteiger partial charge on any atom is 0.266 e. The average Bonchev–Trinajstić information content (AvgIpc) is 3.17. The van der Waals surface area contributed by atoms with Crippen LogP contribution in [0.4, 0.5) is 5.82 Å². The van der Waals surface area contributed by atoms with Crippen molar-refractivity contribution < 1.29 is 17.9 Å². The van der Waals surface area contributed by atoms with Crippen molar-refractivity contribution in [2.24, 2.45) is 0 Å². The highest BCUT2D eigenvalue weighted by atomic mass is 32.2. The van der Waals surface area contributed by atoms with Crippen LogP contribution in [-0.4, -0.2) is 46.4 Å². The summed E-state index contributed by atoms with van der Waals surface area (Å²) in [7, 11) is -3.95. The Morgan fingerprint density at radius 1 is 1.07 bits per heavy atom. The lowest BCUT2D eigenvalue weighted by Crippen LogP contribution is -2.16. The third-order valence-electron chi connectivity index (χ3n) is 3.36. The summed E-state index contributed by atoms with van der Waals surface area (Å²) in [6.07, 6.45) is 4.02. The van der Waals surface area contributed by atoms with E-state index in [4.69, 9.17) is 9.47 Å². The number of benzene rings is 1. The zero-order valence-corrected chi connectivity index (χ0v) is 15.5. The van der Waals surface area contributed by atoms with E-state index < -0.39 is 10.0 Å². The number of nitrogens with one attached hydrogen (secondary N) is 1. The Morgan fingerprint density at radius 2 is 1.89 bits per heavy atom. The molecule has 0 aliphatic rings. The molecular weight excluding hydrogens is 372 g/mol. The quantitative estimate of drug-likeness (QED) is 0.616. The van der Waals surface area contributed by atoms with Gasteiger partial charge >= 0.3 is 0 Å². The molecule has 10 nitrogen and oxygen atoms in total. The SMILES string of the molecule is CCOc1ccc(S(=O)(=O)Nc2cc(-n3cncn3)ncn2)c(OCC)c1. The van der Waals surface area contributed by atoms with E-state index in [1.54, 1.807) is 19.1 Å². The molecule has 0 aliphatic heterocycles. The summed E-state index contributed by atoms with van der Waals surface area (Å²) in [5, 5.41) is 3.95. The molecule has 0 bridgehead atoms. The van der Waals surface area contributed by atoms with Crippen LogP contribution in [0.1, 0.15) is 13.8 Å². The summed E-state index contributed by atoms with van der Waals surface area (Å²) < 4.78 is 40.4. The van der Waals surface area contributed by atoms with Crippen molar-refractivity contribution in [3.05, 3.63) is 43.2 Å². The Hall–Kier alpha value is -3.21. The van der Waals surface area contributed by atoms with Gasteiger partial charge in [0.05, 0.1) is 13.2 Å². The Morgan fingerprint density at radius 3 is 2.59 bits per heavy atom. The number of hydrogen-bond donors (Lipinski definition) is 1. The fourth-order valence-corrected chi connectivity index (χ4v) is 3.41. The number of anilines is 1. The zero-order valence-electron chi connectivity index (χ0n) is 14.7. The molecule has 0 saturated carbocycles. The average molecular weight is 390 g/mol. The highest BCUT2D eigenvalue weighted by molar-refractivity contribution is 7.92. The molecule has 0 fully saturated rings. The van der Waals surface area contributed by atoms with E-state index in [1.807, 2.05) is 6.92 Å². The van der Waals surface area contributed by atoms with Gasteiger partial charge in [0.25, 0.3) is 10.0 Å². The maximum atomic E-state index is 12.8. The predicted molar refractivity (Wildman–Crippen MR) is 96.5 cm³/mol. The van der Waals surface area contributed by atoms with Gasteiger partial charge in [-0.2, -0.15) is 5.10 Å². The standard InChI is InChI=1S/C16H18N6O4S/c1-3-25-12-5-6-14(13(7-12)26-4-2)27(23,24)21-15-8-16(19-10-18-15)22-11-17-9-20-22/h5-11H,3-4H2,1-2H3,(H,18,19,21). The molecule has 2 aromatic heterocycles. The van der Waals surface area contributed by atoms with Crippen molar-refractivity contribution in [3.8, 4) is 17.3 Å². The largest absolute Gasteiger partial charge is 0.494 e. The fourth-order valence-electron chi connectivity index (χ4n) is 2.28. The number of hydrogen-bond acceptors (Lipinski definition) is 8. The summed E-state index contributed by atoms with van der Waals surface area (Å²) in [4.78, 5) is 11.8. The van der Waals surface area contributed by atoms with E-state index >= 15 is 0 Å². The minimum atomic E-state index is -3.95. The van der Waals surface area contributed by atoms with E-state index in [-0.39, 0.29) is 16.5 Å². The van der Waals surface area contributed by atoms with Crippen molar-refractivity contribution in [2.75, 3.05) is 17.9 Å². The molecule has 3 aromatic rings. The minimum Gasteiger partial charge on any atom is -0.494 e. The Kier molecular flexibility index (Phi) is 5.50. The molecule has 0 radical (unpaired) electrons. The second-order valence-electron chi connectivity index (χ2n) is 5.18. The second kappa shape index (κ2) is 7.99. The van der Waals surface area contributed by atoms with Crippen LogP contribution in [0.25, 0.3) is 5.82 Å². The Labute approximate surface area is 156 Å². The van der Waals surface area contributed by atoms with Crippen molar-refractivity contribution in [1.29, 1.82) is 0 Å². The molecule has 0 atom stereocenters. The molecule has 142 valence electrons. The van der Waals surface area contributed by atoms with Gasteiger partial charge in [0.15, 0.2) is 5.82 Å². The van der Waals surface area contributed by atoms with Gasteiger partial charge < -0.3 is 9.47 Å². The summed E-state index contributed by atoms with van der Waals surface area (Å²) in [6.45, 7) is 4.38. The zero-order chi connectivity index (χ0) is 19.3. The number of ether oxygens (including phenoxy) is 2. The minimum absolute atomic E-state index is 0.0197. The fraction of sp³-hybridized carbons (Fsp3) is 0.250. The van der Waals surface area contributed by atoms with Gasteiger partial charge in [0.1, 0.15) is 41.2 Å². The first-order chi connectivity index (χ1) is 13.0. The maximum absolute atomic E-state index is 12.8. The van der Waals surface area contributed by atoms with Crippen LogP contribution in [0.5, 0.6) is 11.5 Å². The molecule has 0 unspecified atom stereocenters. The van der Waals surface area contributed by atoms with Crippen LogP contribution in [0.15, 0.2) is 48.1 Å². The number of nitrogens with zero attached hydrogens (tertiary/aromatic N) is 5. The predicted octanol–water partition coefficient (Wildman–Crippen LogP) is 1.66. The van der Waals surface area contributed by atoms with Crippen LogP contribution in [-0.2, 0) is 10.0 Å². The molecule has 0 spiro atoms. The molecular formula is C16H18N6O4S. The third-order valence-corrected chi connectivity index (χ3v) is 4.75. The molecule has 11 heteroatoms. The molecule has 0 saturated heterocycles. The lowest BCUT2D eigenvalue weighted by molar-refractivity contribution is 0.317. The normalized spacial score (nSPS) is 11.2. The first-order valence-electron chi connectivity index (χ1n) is 8.13. The topological polar surface area (TPSA) is 121 Å². The van der Waals surface area contributed by atoms with E-state index in [9.17, 15) is 8.42 Å². The van der Waals surface area contributed by atoms with Gasteiger partial charge in [-0.05, 0) is 26.0 Å². The van der Waals surface area contributed by atoms with Crippen molar-refractivity contribution >= 4 is 15.8 Å². The monoisotopic (exact) mass is 390 g/mol. The molecule has 0 aliphatic carbocycles. The van der Waals surface area contributed by atoms with Crippen LogP contribution in [0.2, 0.25) is 0 Å². The highest BCUT2D eigenvalue weighted by Gasteiger charge is 2.21. The van der Waals surface area contributed by atoms with E-state index in [0.29, 0.717) is 24.8 Å². The molecule has 2 heterocycles. The first-order valence-corrected chi connectivity index (χ1v) is 9.61. The van der Waals surface area contributed by atoms with E-state index in [1.165, 1.54) is 35.8 Å². The van der Waals surface area contributed by atoms with Gasteiger partial charge in [-0.15, -0.1) is 0 Å². The molecule has 1 aromatic carbocycles. The van der Waals surface area contributed by atoms with Gasteiger partial charge in [0.2, 0.25) is 0 Å². The first kappa shape index (κ1) is 18.6. The van der Waals surface area contributed by atoms with Gasteiger partial charge in [0, 0.05) is 12.1 Å². The molecule has 0 amide bonds. The summed E-state index contributed by atoms with van der Waals surface area (Å²) >= 11 is 0. The number of rotatable bonds is 8. The van der Waals surface area contributed by atoms with Crippen molar-refractivity contribution in [1.82, 2.24) is 24.7 Å². The van der Waals surface area contributed by atoms with Crippen LogP contribution in [0.3, 0.4) is 0 Å². The summed E-state index contributed by atoms with van der Waals surface area (Å²) in [6, 6.07) is 5.99. The van der Waals surface area contributed by atoms with E-state index in [2.05, 4.69) is 24.8 Å². The Bertz CT molecular complexity index is 1010. The van der Waals surface area contributed by atoms with Crippen LogP contribution in [0, 0.1) is 0 Å². The Balaban J connectivity index is 1.92. The summed E-state index contributed by atoms with van der Waals surface area (Å²) in [5.41, 5.74) is 0. The van der Waals surface area contributed by atoms with Gasteiger partial charge in [-0.25, -0.2) is 28.1 Å². The highest BCUT2D eigenvalue weighted by Crippen LogP contribution is 2.30. The smallest absolute Gasteiger partial charge is 0.266 e. The lowest BCUT2D eigenvalue weighted by atomic mass is 10.3. The number of sulfonamides is 1. The summed E-state index contributed by atoms with van der Waals surface area (Å²) in [5.74, 6) is 1.18. The third kappa shape index (κ3) is 4.31. The molecule has 1 N–H and O–H groups in total. The molecule has 3 rings (SSSR count). The van der Waals surface area contributed by atoms with Crippen LogP contribution < -0.4 is 14.2 Å². The molecule has 27 heavy (non-hydrogen) atoms. The van der Waals surface area contributed by atoms with Gasteiger partial charge in [-0.3, -0.25) is 4.72 Å². The van der Waals surface area contributed by atoms with Crippen molar-refractivity contribution in [2.45, 2.75) is 18.7 Å². The van der Waals surface area contributed by atoms with Crippen molar-refractivity contribution in [3.63, 3.8) is 0 Å². The lowest BCUT2D eigenvalue weighted by Gasteiger charge is -2.14. The van der Waals surface area contributed by atoms with E-state index in [0.717, 1.165) is 0 Å². The number of aromatic nitrogens is 5. The van der Waals surface area contributed by atoms with Crippen LogP contribution >= 0.6 is 0 Å². The second-order valence-corrected chi connectivity index (χ2v) is 6.83. The van der Waals surface area contributed by atoms with Gasteiger partial charge in [-0.1, -0.05) is 0 Å².